The quantitative estimate of drug-likeness (QED) is 0.634. The van der Waals surface area contributed by atoms with E-state index in [0.717, 1.165) is 41.8 Å². The van der Waals surface area contributed by atoms with E-state index in [1.807, 2.05) is 37.3 Å². The largest absolute Gasteiger partial charge is 0.341 e. The lowest BCUT2D eigenvalue weighted by molar-refractivity contribution is -0.115. The zero-order chi connectivity index (χ0) is 20.9. The van der Waals surface area contributed by atoms with Crippen LogP contribution in [0.3, 0.4) is 0 Å². The molecule has 1 amide bonds. The van der Waals surface area contributed by atoms with Gasteiger partial charge in [-0.2, -0.15) is 4.98 Å². The number of hydrogen-bond donors (Lipinski definition) is 2. The molecule has 0 radical (unpaired) electrons. The zero-order valence-corrected chi connectivity index (χ0v) is 16.9. The first-order valence-electron chi connectivity index (χ1n) is 10.1. The highest BCUT2D eigenvalue weighted by Gasteiger charge is 2.16. The van der Waals surface area contributed by atoms with E-state index in [-0.39, 0.29) is 18.1 Å². The molecule has 7 heteroatoms. The van der Waals surface area contributed by atoms with Crippen LogP contribution in [0.2, 0.25) is 0 Å². The summed E-state index contributed by atoms with van der Waals surface area (Å²) in [6, 6.07) is 15.3. The van der Waals surface area contributed by atoms with Crippen LogP contribution in [-0.2, 0) is 11.2 Å². The summed E-state index contributed by atoms with van der Waals surface area (Å²) in [6.45, 7) is 3.95. The highest BCUT2D eigenvalue weighted by Crippen LogP contribution is 2.22. The van der Waals surface area contributed by atoms with Gasteiger partial charge in [0, 0.05) is 36.2 Å². The first-order chi connectivity index (χ1) is 14.5. The zero-order valence-electron chi connectivity index (χ0n) is 16.9. The number of amides is 1. The number of hydrogen-bond acceptors (Lipinski definition) is 5. The number of benzene rings is 2. The van der Waals surface area contributed by atoms with Gasteiger partial charge in [0.2, 0.25) is 11.9 Å². The van der Waals surface area contributed by atoms with Crippen LogP contribution in [0.1, 0.15) is 24.1 Å². The molecule has 0 spiro atoms. The average molecular weight is 405 g/mol. The average Bonchev–Trinajstić information content (AvgIpc) is 3.26. The topological polar surface area (TPSA) is 70.2 Å². The second-order valence-electron chi connectivity index (χ2n) is 7.44. The van der Waals surface area contributed by atoms with E-state index in [2.05, 4.69) is 25.5 Å². The van der Waals surface area contributed by atoms with E-state index in [4.69, 9.17) is 0 Å². The third-order valence-electron chi connectivity index (χ3n) is 4.95. The van der Waals surface area contributed by atoms with Crippen LogP contribution in [0.25, 0.3) is 0 Å². The standard InChI is InChI=1S/C23H24FN5O/c1-16-14-21(28-23(25-16)29-12-2-3-13-29)26-19-8-10-20(11-9-19)27-22(30)15-17-4-6-18(24)7-5-17/h4-11,14H,2-3,12-13,15H2,1H3,(H,27,30)(H,25,26,28). The van der Waals surface area contributed by atoms with E-state index in [1.165, 1.54) is 25.0 Å². The van der Waals surface area contributed by atoms with Crippen molar-refractivity contribution in [2.24, 2.45) is 0 Å². The van der Waals surface area contributed by atoms with Gasteiger partial charge in [-0.05, 0) is 61.7 Å². The fourth-order valence-electron chi connectivity index (χ4n) is 3.45. The molecule has 30 heavy (non-hydrogen) atoms. The number of carbonyl (C=O) groups excluding carboxylic acids is 1. The molecular weight excluding hydrogens is 381 g/mol. The van der Waals surface area contributed by atoms with Crippen molar-refractivity contribution < 1.29 is 9.18 Å². The summed E-state index contributed by atoms with van der Waals surface area (Å²) in [6.07, 6.45) is 2.54. The Hall–Kier alpha value is -3.48. The molecule has 0 saturated carbocycles. The molecule has 2 N–H and O–H groups in total. The number of nitrogens with one attached hydrogen (secondary N) is 2. The van der Waals surface area contributed by atoms with E-state index < -0.39 is 0 Å². The molecule has 0 unspecified atom stereocenters. The lowest BCUT2D eigenvalue weighted by Crippen LogP contribution is -2.21. The molecule has 3 aromatic rings. The van der Waals surface area contributed by atoms with Crippen molar-refractivity contribution in [3.8, 4) is 0 Å². The van der Waals surface area contributed by atoms with Gasteiger partial charge < -0.3 is 15.5 Å². The minimum Gasteiger partial charge on any atom is -0.341 e. The number of carbonyl (C=O) groups is 1. The van der Waals surface area contributed by atoms with Crippen LogP contribution in [0.4, 0.5) is 27.5 Å². The monoisotopic (exact) mass is 405 g/mol. The summed E-state index contributed by atoms with van der Waals surface area (Å²) in [4.78, 5) is 23.6. The Balaban J connectivity index is 1.37. The van der Waals surface area contributed by atoms with Crippen LogP contribution >= 0.6 is 0 Å². The van der Waals surface area contributed by atoms with E-state index in [0.29, 0.717) is 5.69 Å². The second-order valence-corrected chi connectivity index (χ2v) is 7.44. The van der Waals surface area contributed by atoms with Crippen molar-refractivity contribution in [2.75, 3.05) is 28.6 Å². The lowest BCUT2D eigenvalue weighted by Gasteiger charge is -2.17. The summed E-state index contributed by atoms with van der Waals surface area (Å²) in [7, 11) is 0. The van der Waals surface area contributed by atoms with Crippen LogP contribution < -0.4 is 15.5 Å². The third kappa shape index (κ3) is 5.11. The minimum absolute atomic E-state index is 0.149. The first-order valence-corrected chi connectivity index (χ1v) is 10.1. The Morgan fingerprint density at radius 3 is 2.37 bits per heavy atom. The minimum atomic E-state index is -0.311. The Kier molecular flexibility index (Phi) is 5.88. The van der Waals surface area contributed by atoms with Gasteiger partial charge in [0.25, 0.3) is 0 Å². The molecule has 0 aliphatic carbocycles. The molecule has 2 heterocycles. The van der Waals surface area contributed by atoms with Crippen LogP contribution in [-0.4, -0.2) is 29.0 Å². The second kappa shape index (κ2) is 8.90. The molecule has 0 bridgehead atoms. The van der Waals surface area contributed by atoms with Gasteiger partial charge in [-0.3, -0.25) is 4.79 Å². The maximum absolute atomic E-state index is 13.0. The summed E-state index contributed by atoms with van der Waals surface area (Å²) < 4.78 is 13.0. The van der Waals surface area contributed by atoms with Crippen LogP contribution in [0.5, 0.6) is 0 Å². The van der Waals surface area contributed by atoms with E-state index in [1.54, 1.807) is 12.1 Å². The molecule has 1 saturated heterocycles. The number of aryl methyl sites for hydroxylation is 1. The summed E-state index contributed by atoms with van der Waals surface area (Å²) in [5, 5.41) is 6.17. The van der Waals surface area contributed by atoms with E-state index >= 15 is 0 Å². The smallest absolute Gasteiger partial charge is 0.228 e. The SMILES string of the molecule is Cc1cc(Nc2ccc(NC(=O)Cc3ccc(F)cc3)cc2)nc(N2CCCC2)n1. The fraction of sp³-hybridized carbons (Fsp3) is 0.261. The molecular formula is C23H24FN5O. The molecule has 6 nitrogen and oxygen atoms in total. The predicted octanol–water partition coefficient (Wildman–Crippen LogP) is 4.45. The molecule has 1 fully saturated rings. The molecule has 154 valence electrons. The maximum atomic E-state index is 13.0. The highest BCUT2D eigenvalue weighted by molar-refractivity contribution is 5.92. The van der Waals surface area contributed by atoms with Crippen molar-refractivity contribution >= 4 is 29.0 Å². The van der Waals surface area contributed by atoms with Crippen molar-refractivity contribution in [3.05, 3.63) is 71.7 Å². The maximum Gasteiger partial charge on any atom is 0.228 e. The number of halogens is 1. The number of aromatic nitrogens is 2. The van der Waals surface area contributed by atoms with Crippen molar-refractivity contribution in [3.63, 3.8) is 0 Å². The molecule has 1 aromatic heterocycles. The van der Waals surface area contributed by atoms with Gasteiger partial charge in [-0.1, -0.05) is 12.1 Å². The van der Waals surface area contributed by atoms with Crippen LogP contribution in [0.15, 0.2) is 54.6 Å². The Morgan fingerprint density at radius 2 is 1.67 bits per heavy atom. The van der Waals surface area contributed by atoms with Gasteiger partial charge in [0.15, 0.2) is 0 Å². The first kappa shape index (κ1) is 19.8. The Morgan fingerprint density at radius 1 is 1.00 bits per heavy atom. The molecule has 4 rings (SSSR count). The van der Waals surface area contributed by atoms with Crippen molar-refractivity contribution in [1.82, 2.24) is 9.97 Å². The number of anilines is 4. The Labute approximate surface area is 175 Å². The van der Waals surface area contributed by atoms with Crippen molar-refractivity contribution in [1.29, 1.82) is 0 Å². The molecule has 0 atom stereocenters. The summed E-state index contributed by atoms with van der Waals surface area (Å²) in [5.74, 6) is 1.05. The molecule has 1 aliphatic heterocycles. The van der Waals surface area contributed by atoms with Gasteiger partial charge in [0.1, 0.15) is 11.6 Å². The molecule has 2 aromatic carbocycles. The fourth-order valence-corrected chi connectivity index (χ4v) is 3.45. The highest BCUT2D eigenvalue weighted by atomic mass is 19.1. The van der Waals surface area contributed by atoms with Gasteiger partial charge in [-0.15, -0.1) is 0 Å². The number of rotatable bonds is 6. The predicted molar refractivity (Wildman–Crippen MR) is 117 cm³/mol. The van der Waals surface area contributed by atoms with E-state index in [9.17, 15) is 9.18 Å². The summed E-state index contributed by atoms with van der Waals surface area (Å²) >= 11 is 0. The third-order valence-corrected chi connectivity index (χ3v) is 4.95. The number of nitrogens with zero attached hydrogens (tertiary/aromatic N) is 3. The van der Waals surface area contributed by atoms with Crippen LogP contribution in [0, 0.1) is 12.7 Å². The summed E-state index contributed by atoms with van der Waals surface area (Å²) in [5.41, 5.74) is 3.25. The molecule has 1 aliphatic rings. The Bertz CT molecular complexity index is 1010. The van der Waals surface area contributed by atoms with Crippen molar-refractivity contribution in [2.45, 2.75) is 26.2 Å². The van der Waals surface area contributed by atoms with Gasteiger partial charge >= 0.3 is 0 Å². The lowest BCUT2D eigenvalue weighted by atomic mass is 10.1. The van der Waals surface area contributed by atoms with Gasteiger partial charge in [0.05, 0.1) is 6.42 Å². The normalized spacial score (nSPS) is 13.3. The van der Waals surface area contributed by atoms with Gasteiger partial charge in [-0.25, -0.2) is 9.37 Å².